The largest absolute Gasteiger partial charge is 0.405 e. The van der Waals surface area contributed by atoms with E-state index < -0.39 is 18.8 Å². The van der Waals surface area contributed by atoms with Crippen molar-refractivity contribution < 1.29 is 18.3 Å². The molecule has 3 nitrogen and oxygen atoms in total. The normalized spacial score (nSPS) is 13.5. The van der Waals surface area contributed by atoms with Gasteiger partial charge in [-0.1, -0.05) is 6.07 Å². The molecule has 0 aliphatic carbocycles. The van der Waals surface area contributed by atoms with Crippen LogP contribution in [-0.2, 0) is 0 Å². The first-order valence-corrected chi connectivity index (χ1v) is 5.29. The average Bonchev–Trinajstić information content (AvgIpc) is 2.25. The average molecular weight is 248 g/mol. The van der Waals surface area contributed by atoms with Crippen molar-refractivity contribution in [3.8, 4) is 0 Å². The molecule has 6 heteroatoms. The molecule has 1 unspecified atom stereocenters. The highest BCUT2D eigenvalue weighted by Crippen LogP contribution is 2.21. The molecule has 0 amide bonds. The fourth-order valence-electron chi connectivity index (χ4n) is 1.40. The molecule has 1 aromatic heterocycles. The lowest BCUT2D eigenvalue weighted by molar-refractivity contribution is -0.119. The minimum atomic E-state index is -4.25. The Labute approximate surface area is 97.9 Å². The van der Waals surface area contributed by atoms with Gasteiger partial charge < -0.3 is 10.0 Å². The standard InChI is InChI=1S/C11H15F3N2O/c1-3-16(7-11(12,13)14)10-5-4-9(6-15-10)8(2)17/h4-6,8,17H,3,7H2,1-2H3. The first kappa shape index (κ1) is 13.8. The highest BCUT2D eigenvalue weighted by Gasteiger charge is 2.30. The third kappa shape index (κ3) is 4.22. The van der Waals surface area contributed by atoms with Crippen LogP contribution in [0.1, 0.15) is 25.5 Å². The van der Waals surface area contributed by atoms with Crippen molar-refractivity contribution in [3.63, 3.8) is 0 Å². The third-order valence-corrected chi connectivity index (χ3v) is 2.33. The minimum Gasteiger partial charge on any atom is -0.389 e. The molecule has 0 aromatic carbocycles. The van der Waals surface area contributed by atoms with E-state index in [1.165, 1.54) is 12.3 Å². The molecule has 1 N–H and O–H groups in total. The Balaban J connectivity index is 2.82. The van der Waals surface area contributed by atoms with E-state index in [0.717, 1.165) is 4.90 Å². The van der Waals surface area contributed by atoms with Gasteiger partial charge in [0.15, 0.2) is 0 Å². The molecular formula is C11H15F3N2O. The van der Waals surface area contributed by atoms with Gasteiger partial charge in [-0.25, -0.2) is 4.98 Å². The number of nitrogens with zero attached hydrogens (tertiary/aromatic N) is 2. The molecule has 1 atom stereocenters. The Kier molecular flexibility index (Phi) is 4.34. The van der Waals surface area contributed by atoms with E-state index in [1.54, 1.807) is 19.9 Å². The van der Waals surface area contributed by atoms with E-state index in [0.29, 0.717) is 5.56 Å². The lowest BCUT2D eigenvalue weighted by Crippen LogP contribution is -2.34. The van der Waals surface area contributed by atoms with Gasteiger partial charge in [0, 0.05) is 12.7 Å². The highest BCUT2D eigenvalue weighted by molar-refractivity contribution is 5.39. The van der Waals surface area contributed by atoms with Crippen LogP contribution in [-0.4, -0.2) is 29.4 Å². The molecule has 1 rings (SSSR count). The summed E-state index contributed by atoms with van der Waals surface area (Å²) in [5.41, 5.74) is 0.580. The maximum atomic E-state index is 12.3. The van der Waals surface area contributed by atoms with Gasteiger partial charge in [-0.3, -0.25) is 0 Å². The zero-order chi connectivity index (χ0) is 13.1. The Hall–Kier alpha value is -1.30. The van der Waals surface area contributed by atoms with Crippen molar-refractivity contribution in [2.24, 2.45) is 0 Å². The number of hydrogen-bond acceptors (Lipinski definition) is 3. The molecule has 0 radical (unpaired) electrons. The summed E-state index contributed by atoms with van der Waals surface area (Å²) in [5, 5.41) is 9.26. The van der Waals surface area contributed by atoms with Gasteiger partial charge in [-0.05, 0) is 25.5 Å². The Morgan fingerprint density at radius 3 is 2.41 bits per heavy atom. The highest BCUT2D eigenvalue weighted by atomic mass is 19.4. The van der Waals surface area contributed by atoms with Crippen molar-refractivity contribution in [2.75, 3.05) is 18.0 Å². The summed E-state index contributed by atoms with van der Waals surface area (Å²) in [6.45, 7) is 2.41. The van der Waals surface area contributed by atoms with Crippen molar-refractivity contribution in [1.29, 1.82) is 0 Å². The second-order valence-corrected chi connectivity index (χ2v) is 3.76. The van der Waals surface area contributed by atoms with E-state index in [-0.39, 0.29) is 12.4 Å². The van der Waals surface area contributed by atoms with Crippen molar-refractivity contribution in [2.45, 2.75) is 26.1 Å². The molecule has 1 heterocycles. The maximum absolute atomic E-state index is 12.3. The van der Waals surface area contributed by atoms with Crippen LogP contribution < -0.4 is 4.90 Å². The minimum absolute atomic E-state index is 0.223. The topological polar surface area (TPSA) is 36.4 Å². The molecule has 0 aliphatic heterocycles. The van der Waals surface area contributed by atoms with Gasteiger partial charge >= 0.3 is 6.18 Å². The fourth-order valence-corrected chi connectivity index (χ4v) is 1.40. The second kappa shape index (κ2) is 5.35. The monoisotopic (exact) mass is 248 g/mol. The van der Waals surface area contributed by atoms with Gasteiger partial charge in [0.05, 0.1) is 6.10 Å². The van der Waals surface area contributed by atoms with Crippen LogP contribution in [0.4, 0.5) is 19.0 Å². The summed E-state index contributed by atoms with van der Waals surface area (Å²) in [4.78, 5) is 5.05. The van der Waals surface area contributed by atoms with Crippen LogP contribution in [0.15, 0.2) is 18.3 Å². The van der Waals surface area contributed by atoms with E-state index in [2.05, 4.69) is 4.98 Å². The molecule has 0 aliphatic rings. The van der Waals surface area contributed by atoms with Crippen LogP contribution in [0.25, 0.3) is 0 Å². The predicted octanol–water partition coefficient (Wildman–Crippen LogP) is 2.52. The van der Waals surface area contributed by atoms with E-state index in [1.807, 2.05) is 0 Å². The SMILES string of the molecule is CCN(CC(F)(F)F)c1ccc(C(C)O)cn1. The fraction of sp³-hybridized carbons (Fsp3) is 0.545. The molecule has 0 fully saturated rings. The number of anilines is 1. The molecular weight excluding hydrogens is 233 g/mol. The van der Waals surface area contributed by atoms with Crippen LogP contribution in [0.3, 0.4) is 0 Å². The van der Waals surface area contributed by atoms with Gasteiger partial charge in [-0.15, -0.1) is 0 Å². The number of pyridine rings is 1. The summed E-state index contributed by atoms with van der Waals surface area (Å²) in [7, 11) is 0. The lowest BCUT2D eigenvalue weighted by Gasteiger charge is -2.23. The first-order valence-electron chi connectivity index (χ1n) is 5.29. The molecule has 0 saturated heterocycles. The lowest BCUT2D eigenvalue weighted by atomic mass is 10.2. The molecule has 0 saturated carbocycles. The summed E-state index contributed by atoms with van der Waals surface area (Å²) < 4.78 is 36.8. The number of hydrogen-bond donors (Lipinski definition) is 1. The van der Waals surface area contributed by atoms with Crippen LogP contribution in [0, 0.1) is 0 Å². The number of rotatable bonds is 4. The number of aliphatic hydroxyl groups excluding tert-OH is 1. The van der Waals surface area contributed by atoms with Crippen molar-refractivity contribution in [3.05, 3.63) is 23.9 Å². The maximum Gasteiger partial charge on any atom is 0.405 e. The zero-order valence-electron chi connectivity index (χ0n) is 9.70. The van der Waals surface area contributed by atoms with E-state index in [4.69, 9.17) is 0 Å². The smallest absolute Gasteiger partial charge is 0.389 e. The van der Waals surface area contributed by atoms with E-state index >= 15 is 0 Å². The van der Waals surface area contributed by atoms with Crippen molar-refractivity contribution >= 4 is 5.82 Å². The second-order valence-electron chi connectivity index (χ2n) is 3.76. The molecule has 1 aromatic rings. The first-order chi connectivity index (χ1) is 7.83. The van der Waals surface area contributed by atoms with Crippen LogP contribution in [0.2, 0.25) is 0 Å². The molecule has 96 valence electrons. The molecule has 17 heavy (non-hydrogen) atoms. The van der Waals surface area contributed by atoms with Gasteiger partial charge in [0.2, 0.25) is 0 Å². The molecule has 0 bridgehead atoms. The van der Waals surface area contributed by atoms with Crippen molar-refractivity contribution in [1.82, 2.24) is 4.98 Å². The zero-order valence-corrected chi connectivity index (χ0v) is 9.70. The predicted molar refractivity (Wildman–Crippen MR) is 58.8 cm³/mol. The summed E-state index contributed by atoms with van der Waals surface area (Å²) in [5.74, 6) is 0.259. The van der Waals surface area contributed by atoms with Gasteiger partial charge in [0.1, 0.15) is 12.4 Å². The third-order valence-electron chi connectivity index (χ3n) is 2.33. The molecule has 0 spiro atoms. The number of aromatic nitrogens is 1. The Bertz CT molecular complexity index is 349. The Morgan fingerprint density at radius 1 is 1.41 bits per heavy atom. The summed E-state index contributed by atoms with van der Waals surface area (Å²) in [6.07, 6.45) is -3.53. The quantitative estimate of drug-likeness (QED) is 0.889. The van der Waals surface area contributed by atoms with Gasteiger partial charge in [-0.2, -0.15) is 13.2 Å². The Morgan fingerprint density at radius 2 is 2.06 bits per heavy atom. The van der Waals surface area contributed by atoms with Crippen LogP contribution >= 0.6 is 0 Å². The summed E-state index contributed by atoms with van der Waals surface area (Å²) >= 11 is 0. The number of halogens is 3. The summed E-state index contributed by atoms with van der Waals surface area (Å²) in [6, 6.07) is 3.06. The van der Waals surface area contributed by atoms with Gasteiger partial charge in [0.25, 0.3) is 0 Å². The van der Waals surface area contributed by atoms with Crippen LogP contribution in [0.5, 0.6) is 0 Å². The number of alkyl halides is 3. The number of aliphatic hydroxyl groups is 1. The van der Waals surface area contributed by atoms with E-state index in [9.17, 15) is 18.3 Å².